The molecule has 0 aliphatic heterocycles. The number of nitrogens with zero attached hydrogens (tertiary/aromatic N) is 4. The van der Waals surface area contributed by atoms with Crippen molar-refractivity contribution in [2.24, 2.45) is 10.9 Å². The van der Waals surface area contributed by atoms with Gasteiger partial charge in [0.2, 0.25) is 0 Å². The van der Waals surface area contributed by atoms with Crippen molar-refractivity contribution in [2.45, 2.75) is 65.8 Å². The molecule has 8 nitrogen and oxygen atoms in total. The second-order valence-corrected chi connectivity index (χ2v) is 8.14. The molecule has 0 aliphatic rings. The highest BCUT2D eigenvalue weighted by Crippen LogP contribution is 2.13. The Balaban J connectivity index is 2.60. The van der Waals surface area contributed by atoms with Gasteiger partial charge in [-0.25, -0.2) is 9.78 Å². The van der Waals surface area contributed by atoms with Crippen LogP contribution in [0.15, 0.2) is 17.4 Å². The van der Waals surface area contributed by atoms with Gasteiger partial charge in [-0.2, -0.15) is 8.78 Å². The summed E-state index contributed by atoms with van der Waals surface area (Å²) >= 11 is 0. The maximum Gasteiger partial charge on any atom is 0.407 e. The smallest absolute Gasteiger partial charge is 0.407 e. The van der Waals surface area contributed by atoms with E-state index in [9.17, 15) is 13.6 Å². The molecular weight excluding hydrogens is 382 g/mol. The average molecular weight is 417 g/mol. The first-order valence-electron chi connectivity index (χ1n) is 9.65. The lowest BCUT2D eigenvalue weighted by Crippen LogP contribution is -2.45. The molecule has 0 fully saturated rings. The Morgan fingerprint density at radius 2 is 2.03 bits per heavy atom. The largest absolute Gasteiger partial charge is 0.444 e. The molecule has 0 aliphatic carbocycles. The van der Waals surface area contributed by atoms with Gasteiger partial charge in [0.05, 0.1) is 6.54 Å². The quantitative estimate of drug-likeness (QED) is 0.502. The molecule has 1 aromatic rings. The van der Waals surface area contributed by atoms with Crippen molar-refractivity contribution in [3.63, 3.8) is 0 Å². The van der Waals surface area contributed by atoms with E-state index in [1.54, 1.807) is 7.05 Å². The fourth-order valence-electron chi connectivity index (χ4n) is 2.67. The maximum atomic E-state index is 12.9. The normalized spacial score (nSPS) is 13.6. The van der Waals surface area contributed by atoms with Crippen molar-refractivity contribution in [1.29, 1.82) is 0 Å². The molecule has 0 bridgehead atoms. The number of guanidine groups is 1. The van der Waals surface area contributed by atoms with Gasteiger partial charge in [0.15, 0.2) is 5.96 Å². The summed E-state index contributed by atoms with van der Waals surface area (Å²) in [5.41, 5.74) is -0.557. The monoisotopic (exact) mass is 416 g/mol. The van der Waals surface area contributed by atoms with E-state index in [0.29, 0.717) is 18.9 Å². The lowest BCUT2D eigenvalue weighted by atomic mass is 10.0. The molecule has 1 amide bonds. The summed E-state index contributed by atoms with van der Waals surface area (Å²) in [7, 11) is 3.47. The highest BCUT2D eigenvalue weighted by atomic mass is 19.3. The average Bonchev–Trinajstić information content (AvgIpc) is 3.06. The third-order valence-electron chi connectivity index (χ3n) is 4.22. The second-order valence-electron chi connectivity index (χ2n) is 8.14. The minimum absolute atomic E-state index is 0.0804. The fourth-order valence-corrected chi connectivity index (χ4v) is 2.67. The number of carbonyl (C=O) groups is 1. The maximum absolute atomic E-state index is 12.9. The van der Waals surface area contributed by atoms with E-state index >= 15 is 0 Å². The molecule has 1 atom stereocenters. The Labute approximate surface area is 171 Å². The first-order valence-corrected chi connectivity index (χ1v) is 9.65. The second kappa shape index (κ2) is 11.0. The zero-order chi connectivity index (χ0) is 22.2. The fraction of sp³-hybridized carbons (Fsp3) is 0.737. The Morgan fingerprint density at radius 3 is 2.55 bits per heavy atom. The van der Waals surface area contributed by atoms with Crippen molar-refractivity contribution in [2.75, 3.05) is 20.6 Å². The number of carbonyl (C=O) groups excluding carboxylic acids is 1. The first-order chi connectivity index (χ1) is 13.4. The van der Waals surface area contributed by atoms with Crippen LogP contribution in [-0.2, 0) is 11.3 Å². The molecule has 1 aromatic heterocycles. The number of aliphatic imine (C=N–C) groups is 1. The molecule has 0 aromatic carbocycles. The number of amides is 1. The van der Waals surface area contributed by atoms with Crippen LogP contribution < -0.4 is 10.6 Å². The summed E-state index contributed by atoms with van der Waals surface area (Å²) in [5.74, 6) is 0.985. The van der Waals surface area contributed by atoms with Crippen molar-refractivity contribution >= 4 is 12.1 Å². The van der Waals surface area contributed by atoms with E-state index in [1.165, 1.54) is 12.4 Å². The van der Waals surface area contributed by atoms with Crippen LogP contribution in [0.5, 0.6) is 0 Å². The van der Waals surface area contributed by atoms with E-state index < -0.39 is 18.2 Å². The number of hydrogen-bond acceptors (Lipinski definition) is 4. The van der Waals surface area contributed by atoms with Gasteiger partial charge in [0.1, 0.15) is 11.4 Å². The van der Waals surface area contributed by atoms with Crippen LogP contribution in [0.25, 0.3) is 0 Å². The number of halogens is 2. The first kappa shape index (κ1) is 24.6. The summed E-state index contributed by atoms with van der Waals surface area (Å²) in [6.07, 6.45) is 2.80. The highest BCUT2D eigenvalue weighted by molar-refractivity contribution is 5.79. The molecule has 29 heavy (non-hydrogen) atoms. The van der Waals surface area contributed by atoms with Gasteiger partial charge in [-0.05, 0) is 33.1 Å². The molecule has 0 spiro atoms. The van der Waals surface area contributed by atoms with Crippen LogP contribution in [-0.4, -0.2) is 58.8 Å². The third kappa shape index (κ3) is 8.66. The van der Waals surface area contributed by atoms with Gasteiger partial charge in [-0.15, -0.1) is 0 Å². The molecule has 0 saturated heterocycles. The zero-order valence-electron chi connectivity index (χ0n) is 18.4. The Hall–Kier alpha value is -2.39. The Morgan fingerprint density at radius 1 is 1.38 bits per heavy atom. The molecule has 0 saturated carbocycles. The number of hydrogen-bond donors (Lipinski definition) is 2. The van der Waals surface area contributed by atoms with Crippen molar-refractivity contribution < 1.29 is 18.3 Å². The number of ether oxygens (including phenoxy) is 1. The summed E-state index contributed by atoms with van der Waals surface area (Å²) in [6.45, 7) is 7.59. The van der Waals surface area contributed by atoms with E-state index in [0.717, 1.165) is 4.57 Å². The van der Waals surface area contributed by atoms with E-state index in [4.69, 9.17) is 4.74 Å². The third-order valence-corrected chi connectivity index (χ3v) is 4.22. The molecular formula is C19H34F2N6O2. The highest BCUT2D eigenvalue weighted by Gasteiger charge is 2.22. The van der Waals surface area contributed by atoms with E-state index in [-0.39, 0.29) is 24.3 Å². The number of alkyl carbamates (subject to hydrolysis) is 1. The zero-order valence-corrected chi connectivity index (χ0v) is 18.4. The number of rotatable bonds is 8. The number of imidazole rings is 1. The molecule has 2 N–H and O–H groups in total. The Bertz CT molecular complexity index is 670. The van der Waals surface area contributed by atoms with E-state index in [1.807, 2.05) is 46.6 Å². The SMILES string of the molecule is CN=C(NCc1nccn1C(F)F)N(C)CCC(NC(=O)OC(C)(C)C)C(C)C. The van der Waals surface area contributed by atoms with Gasteiger partial charge in [-0.1, -0.05) is 13.8 Å². The lowest BCUT2D eigenvalue weighted by molar-refractivity contribution is 0.0485. The number of aromatic nitrogens is 2. The van der Waals surface area contributed by atoms with Gasteiger partial charge < -0.3 is 20.3 Å². The molecule has 0 radical (unpaired) electrons. The minimum Gasteiger partial charge on any atom is -0.444 e. The predicted molar refractivity (Wildman–Crippen MR) is 109 cm³/mol. The number of nitrogens with one attached hydrogen (secondary N) is 2. The predicted octanol–water partition coefficient (Wildman–Crippen LogP) is 3.22. The van der Waals surface area contributed by atoms with Gasteiger partial charge in [0.25, 0.3) is 0 Å². The van der Waals surface area contributed by atoms with Gasteiger partial charge >= 0.3 is 12.6 Å². The van der Waals surface area contributed by atoms with Crippen LogP contribution >= 0.6 is 0 Å². The summed E-state index contributed by atoms with van der Waals surface area (Å²) < 4.78 is 32.0. The van der Waals surface area contributed by atoms with Crippen molar-refractivity contribution in [1.82, 2.24) is 25.1 Å². The molecule has 166 valence electrons. The summed E-state index contributed by atoms with van der Waals surface area (Å²) in [6, 6.07) is -0.0804. The van der Waals surface area contributed by atoms with Gasteiger partial charge in [0, 0.05) is 39.1 Å². The van der Waals surface area contributed by atoms with Crippen molar-refractivity contribution in [3.05, 3.63) is 18.2 Å². The summed E-state index contributed by atoms with van der Waals surface area (Å²) in [5, 5.41) is 5.95. The van der Waals surface area contributed by atoms with Crippen LogP contribution in [0.1, 0.15) is 53.4 Å². The summed E-state index contributed by atoms with van der Waals surface area (Å²) in [4.78, 5) is 22.1. The standard InChI is InChI=1S/C19H34F2N6O2/c1-13(2)14(25-18(28)29-19(3,4)5)8-10-26(7)17(22-6)24-12-15-23-9-11-27(15)16(20)21/h9,11,13-14,16H,8,10,12H2,1-7H3,(H,22,24)(H,25,28). The minimum atomic E-state index is -2.64. The van der Waals surface area contributed by atoms with Crippen LogP contribution in [0.4, 0.5) is 13.6 Å². The molecule has 1 heterocycles. The van der Waals surface area contributed by atoms with Crippen LogP contribution in [0, 0.1) is 5.92 Å². The van der Waals surface area contributed by atoms with Crippen LogP contribution in [0.3, 0.4) is 0 Å². The number of alkyl halides is 2. The van der Waals surface area contributed by atoms with E-state index in [2.05, 4.69) is 20.6 Å². The molecule has 1 rings (SSSR count). The topological polar surface area (TPSA) is 83.8 Å². The lowest BCUT2D eigenvalue weighted by Gasteiger charge is -2.28. The van der Waals surface area contributed by atoms with Crippen molar-refractivity contribution in [3.8, 4) is 0 Å². The van der Waals surface area contributed by atoms with Crippen LogP contribution in [0.2, 0.25) is 0 Å². The molecule has 10 heteroatoms. The van der Waals surface area contributed by atoms with Gasteiger partial charge in [-0.3, -0.25) is 9.56 Å². The molecule has 1 unspecified atom stereocenters. The Kier molecular flexibility index (Phi) is 9.32.